The van der Waals surface area contributed by atoms with Crippen molar-refractivity contribution in [3.05, 3.63) is 29.8 Å². The Labute approximate surface area is 105 Å². The maximum absolute atomic E-state index is 12.4. The Morgan fingerprint density at radius 2 is 1.94 bits per heavy atom. The quantitative estimate of drug-likeness (QED) is 0.864. The highest BCUT2D eigenvalue weighted by molar-refractivity contribution is 6.03. The highest BCUT2D eigenvalue weighted by atomic mass is 16.4. The second kappa shape index (κ2) is 4.12. The summed E-state index contributed by atoms with van der Waals surface area (Å²) < 4.78 is 0. The van der Waals surface area contributed by atoms with Gasteiger partial charge in [-0.15, -0.1) is 0 Å². The minimum Gasteiger partial charge on any atom is -0.480 e. The lowest BCUT2D eigenvalue weighted by Crippen LogP contribution is -2.47. The van der Waals surface area contributed by atoms with Crippen LogP contribution in [0.5, 0.6) is 0 Å². The van der Waals surface area contributed by atoms with Crippen LogP contribution in [-0.2, 0) is 16.0 Å². The Morgan fingerprint density at radius 3 is 2.56 bits per heavy atom. The number of rotatable bonds is 2. The third kappa shape index (κ3) is 1.60. The van der Waals surface area contributed by atoms with Crippen LogP contribution in [0.2, 0.25) is 0 Å². The molecule has 1 fully saturated rings. The van der Waals surface area contributed by atoms with Gasteiger partial charge in [-0.2, -0.15) is 0 Å². The van der Waals surface area contributed by atoms with Crippen molar-refractivity contribution in [1.82, 2.24) is 0 Å². The number of carbonyl (C=O) groups is 2. The van der Waals surface area contributed by atoms with E-state index in [2.05, 4.69) is 0 Å². The van der Waals surface area contributed by atoms with Crippen LogP contribution in [0.3, 0.4) is 0 Å². The predicted molar refractivity (Wildman–Crippen MR) is 66.4 cm³/mol. The molecule has 1 N–H and O–H groups in total. The summed E-state index contributed by atoms with van der Waals surface area (Å²) in [5, 5.41) is 9.28. The van der Waals surface area contributed by atoms with Crippen LogP contribution in [0.15, 0.2) is 24.3 Å². The molecular formula is C14H15NO3. The molecule has 0 radical (unpaired) electrons. The van der Waals surface area contributed by atoms with Gasteiger partial charge in [0.25, 0.3) is 0 Å². The molecule has 1 saturated carbocycles. The van der Waals surface area contributed by atoms with Crippen molar-refractivity contribution in [2.24, 2.45) is 5.92 Å². The van der Waals surface area contributed by atoms with Crippen LogP contribution >= 0.6 is 0 Å². The fourth-order valence-electron chi connectivity index (χ4n) is 2.71. The molecule has 94 valence electrons. The van der Waals surface area contributed by atoms with E-state index in [1.54, 1.807) is 0 Å². The highest BCUT2D eigenvalue weighted by Gasteiger charge is 2.41. The van der Waals surface area contributed by atoms with Gasteiger partial charge in [0.1, 0.15) is 6.04 Å². The highest BCUT2D eigenvalue weighted by Crippen LogP contribution is 2.37. The van der Waals surface area contributed by atoms with Crippen LogP contribution in [-0.4, -0.2) is 23.0 Å². The summed E-state index contributed by atoms with van der Waals surface area (Å²) in [6.45, 7) is 0. The third-order valence-corrected chi connectivity index (χ3v) is 3.95. The average Bonchev–Trinajstić information content (AvgIpc) is 2.65. The number of anilines is 1. The Hall–Kier alpha value is -1.84. The standard InChI is InChI=1S/C14H15NO3/c16-13(9-5-3-6-9)15-11-7-2-1-4-10(11)8-12(15)14(17)18/h1-2,4,7,9,12H,3,5-6,8H2,(H,17,18)/t12-/m0/s1. The molecule has 4 nitrogen and oxygen atoms in total. The van der Waals surface area contributed by atoms with Crippen LogP contribution in [0.4, 0.5) is 5.69 Å². The van der Waals surface area contributed by atoms with Gasteiger partial charge in [0, 0.05) is 18.0 Å². The van der Waals surface area contributed by atoms with E-state index in [0.717, 1.165) is 30.5 Å². The lowest BCUT2D eigenvalue weighted by Gasteiger charge is -2.31. The van der Waals surface area contributed by atoms with Crippen molar-refractivity contribution in [2.75, 3.05) is 4.90 Å². The molecule has 3 rings (SSSR count). The minimum atomic E-state index is -0.918. The zero-order chi connectivity index (χ0) is 12.7. The van der Waals surface area contributed by atoms with Crippen molar-refractivity contribution < 1.29 is 14.7 Å². The zero-order valence-electron chi connectivity index (χ0n) is 10.0. The number of aliphatic carboxylic acids is 1. The first-order chi connectivity index (χ1) is 8.68. The lowest BCUT2D eigenvalue weighted by molar-refractivity contribution is -0.140. The van der Waals surface area contributed by atoms with Crippen LogP contribution in [0, 0.1) is 5.92 Å². The first kappa shape index (κ1) is 11.3. The molecule has 0 saturated heterocycles. The smallest absolute Gasteiger partial charge is 0.327 e. The Kier molecular flexibility index (Phi) is 2.58. The third-order valence-electron chi connectivity index (χ3n) is 3.95. The molecular weight excluding hydrogens is 230 g/mol. The van der Waals surface area contributed by atoms with E-state index in [0.29, 0.717) is 6.42 Å². The summed E-state index contributed by atoms with van der Waals surface area (Å²) in [4.78, 5) is 25.2. The molecule has 1 aliphatic carbocycles. The first-order valence-corrected chi connectivity index (χ1v) is 6.32. The number of benzene rings is 1. The Morgan fingerprint density at radius 1 is 1.22 bits per heavy atom. The number of carboxylic acids is 1. The summed E-state index contributed by atoms with van der Waals surface area (Å²) in [6.07, 6.45) is 3.28. The normalized spacial score (nSPS) is 22.4. The molecule has 2 aliphatic rings. The van der Waals surface area contributed by atoms with E-state index in [1.165, 1.54) is 4.90 Å². The molecule has 0 spiro atoms. The van der Waals surface area contributed by atoms with E-state index in [4.69, 9.17) is 0 Å². The molecule has 0 aromatic heterocycles. The number of hydrogen-bond acceptors (Lipinski definition) is 2. The van der Waals surface area contributed by atoms with Gasteiger partial charge in [-0.05, 0) is 24.5 Å². The van der Waals surface area contributed by atoms with Gasteiger partial charge < -0.3 is 5.11 Å². The molecule has 1 heterocycles. The number of para-hydroxylation sites is 1. The second-order valence-electron chi connectivity index (χ2n) is 5.02. The lowest BCUT2D eigenvalue weighted by atomic mass is 9.84. The molecule has 0 bridgehead atoms. The number of amides is 1. The molecule has 1 aliphatic heterocycles. The SMILES string of the molecule is O=C(O)[C@@H]1Cc2ccccc2N1C(=O)C1CCC1. The number of carbonyl (C=O) groups excluding carboxylic acids is 1. The summed E-state index contributed by atoms with van der Waals surface area (Å²) >= 11 is 0. The number of nitrogens with zero attached hydrogens (tertiary/aromatic N) is 1. The van der Waals surface area contributed by atoms with Crippen molar-refractivity contribution in [1.29, 1.82) is 0 Å². The van der Waals surface area contributed by atoms with Gasteiger partial charge in [-0.1, -0.05) is 24.6 Å². The number of fused-ring (bicyclic) bond motifs is 1. The predicted octanol–water partition coefficient (Wildman–Crippen LogP) is 1.83. The largest absolute Gasteiger partial charge is 0.480 e. The molecule has 1 amide bonds. The van der Waals surface area contributed by atoms with E-state index in [-0.39, 0.29) is 11.8 Å². The van der Waals surface area contributed by atoms with Crippen LogP contribution in [0.1, 0.15) is 24.8 Å². The van der Waals surface area contributed by atoms with Gasteiger partial charge >= 0.3 is 5.97 Å². The van der Waals surface area contributed by atoms with E-state index >= 15 is 0 Å². The zero-order valence-corrected chi connectivity index (χ0v) is 10.0. The Bertz CT molecular complexity index is 508. The fraction of sp³-hybridized carbons (Fsp3) is 0.429. The average molecular weight is 245 g/mol. The maximum atomic E-state index is 12.4. The molecule has 0 unspecified atom stereocenters. The van der Waals surface area contributed by atoms with Gasteiger partial charge in [0.2, 0.25) is 5.91 Å². The topological polar surface area (TPSA) is 57.6 Å². The van der Waals surface area contributed by atoms with Crippen LogP contribution < -0.4 is 4.90 Å². The molecule has 1 aromatic rings. The molecule has 18 heavy (non-hydrogen) atoms. The number of hydrogen-bond donors (Lipinski definition) is 1. The molecule has 1 atom stereocenters. The summed E-state index contributed by atoms with van der Waals surface area (Å²) in [7, 11) is 0. The van der Waals surface area contributed by atoms with Gasteiger partial charge in [0.05, 0.1) is 0 Å². The number of carboxylic acid groups (broad SMARTS) is 1. The maximum Gasteiger partial charge on any atom is 0.327 e. The molecule has 4 heteroatoms. The summed E-state index contributed by atoms with van der Waals surface area (Å²) in [6, 6.07) is 6.75. The van der Waals surface area contributed by atoms with E-state index in [9.17, 15) is 14.7 Å². The molecule has 1 aromatic carbocycles. The second-order valence-corrected chi connectivity index (χ2v) is 5.02. The summed E-state index contributed by atoms with van der Waals surface area (Å²) in [5.74, 6) is -0.907. The first-order valence-electron chi connectivity index (χ1n) is 6.32. The Balaban J connectivity index is 1.97. The van der Waals surface area contributed by atoms with Gasteiger partial charge in [-0.3, -0.25) is 9.69 Å². The van der Waals surface area contributed by atoms with E-state index in [1.807, 2.05) is 24.3 Å². The van der Waals surface area contributed by atoms with Crippen LogP contribution in [0.25, 0.3) is 0 Å². The minimum absolute atomic E-state index is 0.0152. The summed E-state index contributed by atoms with van der Waals surface area (Å²) in [5.41, 5.74) is 1.74. The van der Waals surface area contributed by atoms with Crippen molar-refractivity contribution >= 4 is 17.6 Å². The fourth-order valence-corrected chi connectivity index (χ4v) is 2.71. The van der Waals surface area contributed by atoms with Crippen molar-refractivity contribution in [2.45, 2.75) is 31.7 Å². The van der Waals surface area contributed by atoms with Crippen molar-refractivity contribution in [3.8, 4) is 0 Å². The van der Waals surface area contributed by atoms with Gasteiger partial charge in [-0.25, -0.2) is 4.79 Å². The monoisotopic (exact) mass is 245 g/mol. The van der Waals surface area contributed by atoms with Crippen molar-refractivity contribution in [3.63, 3.8) is 0 Å². The van der Waals surface area contributed by atoms with Gasteiger partial charge in [0.15, 0.2) is 0 Å². The van der Waals surface area contributed by atoms with E-state index < -0.39 is 12.0 Å².